The van der Waals surface area contributed by atoms with Gasteiger partial charge in [-0.25, -0.2) is 8.42 Å². The molecule has 1 aromatic carbocycles. The van der Waals surface area contributed by atoms with E-state index in [0.29, 0.717) is 5.89 Å². The van der Waals surface area contributed by atoms with Gasteiger partial charge in [0.05, 0.1) is 22.1 Å². The lowest BCUT2D eigenvalue weighted by Gasteiger charge is -2.30. The van der Waals surface area contributed by atoms with Gasteiger partial charge in [0.15, 0.2) is 0 Å². The highest BCUT2D eigenvalue weighted by Crippen LogP contribution is 2.28. The van der Waals surface area contributed by atoms with Crippen molar-refractivity contribution in [3.05, 3.63) is 40.6 Å². The van der Waals surface area contributed by atoms with Gasteiger partial charge in [-0.2, -0.15) is 9.57 Å². The molecular formula is C16H17ClN4O4S. The summed E-state index contributed by atoms with van der Waals surface area (Å²) in [6, 6.07) is 5.94. The molecule has 10 heteroatoms. The van der Waals surface area contributed by atoms with Crippen molar-refractivity contribution in [3.63, 3.8) is 0 Å². The minimum atomic E-state index is -3.79. The largest absolute Gasteiger partial charge is 0.422 e. The highest BCUT2D eigenvalue weighted by atomic mass is 35.5. The molecule has 2 heterocycles. The van der Waals surface area contributed by atoms with E-state index in [1.807, 2.05) is 19.9 Å². The minimum Gasteiger partial charge on any atom is -0.422 e. The van der Waals surface area contributed by atoms with Crippen LogP contribution in [0.2, 0.25) is 5.02 Å². The van der Waals surface area contributed by atoms with Crippen LogP contribution in [0.5, 0.6) is 0 Å². The highest BCUT2D eigenvalue weighted by Gasteiger charge is 2.34. The summed E-state index contributed by atoms with van der Waals surface area (Å²) in [5.74, 6) is 0.800. The van der Waals surface area contributed by atoms with Crippen molar-refractivity contribution in [2.45, 2.75) is 30.8 Å². The number of rotatable bonds is 4. The maximum absolute atomic E-state index is 12.9. The molecule has 0 bridgehead atoms. The van der Waals surface area contributed by atoms with E-state index in [9.17, 15) is 8.42 Å². The molecule has 0 unspecified atom stereocenters. The molecule has 1 aliphatic heterocycles. The molecule has 1 atom stereocenters. The Balaban J connectivity index is 1.84. The summed E-state index contributed by atoms with van der Waals surface area (Å²) >= 11 is 5.97. The van der Waals surface area contributed by atoms with Gasteiger partial charge >= 0.3 is 0 Å². The molecule has 0 aliphatic carbocycles. The maximum Gasteiger partial charge on any atom is 0.246 e. The first-order valence-corrected chi connectivity index (χ1v) is 9.79. The van der Waals surface area contributed by atoms with E-state index >= 15 is 0 Å². The average Bonchev–Trinajstić information content (AvgIpc) is 3.12. The molecule has 0 amide bonds. The second-order valence-electron chi connectivity index (χ2n) is 6.11. The molecule has 0 N–H and O–H groups in total. The molecule has 2 aromatic rings. The zero-order chi connectivity index (χ0) is 18.9. The van der Waals surface area contributed by atoms with Crippen molar-refractivity contribution in [1.29, 1.82) is 5.26 Å². The van der Waals surface area contributed by atoms with Crippen LogP contribution in [0.25, 0.3) is 0 Å². The Morgan fingerprint density at radius 1 is 1.38 bits per heavy atom. The Morgan fingerprint density at radius 2 is 2.15 bits per heavy atom. The van der Waals surface area contributed by atoms with Gasteiger partial charge in [0.2, 0.25) is 21.8 Å². The van der Waals surface area contributed by atoms with E-state index in [2.05, 4.69) is 10.2 Å². The fraction of sp³-hybridized carbons (Fsp3) is 0.438. The SMILES string of the molecule is CC(C)c1nnc([C@H]2CN(S(=O)(=O)c3ccc(C#N)c(Cl)c3)CCO2)o1. The van der Waals surface area contributed by atoms with Crippen molar-refractivity contribution in [1.82, 2.24) is 14.5 Å². The Kier molecular flexibility index (Phi) is 5.29. The second kappa shape index (κ2) is 7.32. The van der Waals surface area contributed by atoms with Crippen molar-refractivity contribution in [2.75, 3.05) is 19.7 Å². The zero-order valence-electron chi connectivity index (χ0n) is 14.2. The summed E-state index contributed by atoms with van der Waals surface area (Å²) in [7, 11) is -3.79. The first-order chi connectivity index (χ1) is 12.3. The molecule has 1 fully saturated rings. The first kappa shape index (κ1) is 18.8. The van der Waals surface area contributed by atoms with E-state index in [0.717, 1.165) is 0 Å². The van der Waals surface area contributed by atoms with Crippen molar-refractivity contribution in [3.8, 4) is 6.07 Å². The number of aromatic nitrogens is 2. The highest BCUT2D eigenvalue weighted by molar-refractivity contribution is 7.89. The van der Waals surface area contributed by atoms with Crippen LogP contribution in [-0.2, 0) is 14.8 Å². The minimum absolute atomic E-state index is 0.0237. The average molecular weight is 397 g/mol. The van der Waals surface area contributed by atoms with Gasteiger partial charge in [0.25, 0.3) is 0 Å². The fourth-order valence-corrected chi connectivity index (χ4v) is 4.24. The predicted molar refractivity (Wildman–Crippen MR) is 92.0 cm³/mol. The second-order valence-corrected chi connectivity index (χ2v) is 8.45. The summed E-state index contributed by atoms with van der Waals surface area (Å²) in [6.45, 7) is 4.30. The van der Waals surface area contributed by atoms with E-state index in [-0.39, 0.29) is 47.0 Å². The van der Waals surface area contributed by atoms with E-state index < -0.39 is 16.1 Å². The summed E-state index contributed by atoms with van der Waals surface area (Å²) in [5.41, 5.74) is 0.220. The molecule has 1 aromatic heterocycles. The molecule has 26 heavy (non-hydrogen) atoms. The quantitative estimate of drug-likeness (QED) is 0.780. The van der Waals surface area contributed by atoms with Crippen molar-refractivity contribution < 1.29 is 17.6 Å². The van der Waals surface area contributed by atoms with E-state index in [1.54, 1.807) is 0 Å². The van der Waals surface area contributed by atoms with E-state index in [1.165, 1.54) is 22.5 Å². The number of nitriles is 1. The van der Waals surface area contributed by atoms with Gasteiger partial charge in [-0.3, -0.25) is 0 Å². The van der Waals surface area contributed by atoms with Crippen LogP contribution in [0, 0.1) is 11.3 Å². The molecule has 1 saturated heterocycles. The summed E-state index contributed by atoms with van der Waals surface area (Å²) in [4.78, 5) is 0.0237. The Labute approximate surface area is 156 Å². The predicted octanol–water partition coefficient (Wildman–Crippen LogP) is 2.48. The van der Waals surface area contributed by atoms with Crippen LogP contribution in [0.4, 0.5) is 0 Å². The van der Waals surface area contributed by atoms with Gasteiger partial charge in [0.1, 0.15) is 12.2 Å². The molecule has 0 saturated carbocycles. The third kappa shape index (κ3) is 3.59. The first-order valence-electron chi connectivity index (χ1n) is 7.97. The van der Waals surface area contributed by atoms with E-state index in [4.69, 9.17) is 26.0 Å². The molecule has 0 radical (unpaired) electrons. The van der Waals surface area contributed by atoms with Gasteiger partial charge < -0.3 is 9.15 Å². The Bertz CT molecular complexity index is 951. The topological polar surface area (TPSA) is 109 Å². The van der Waals surface area contributed by atoms with Crippen molar-refractivity contribution >= 4 is 21.6 Å². The third-order valence-electron chi connectivity index (χ3n) is 3.95. The number of sulfonamides is 1. The smallest absolute Gasteiger partial charge is 0.246 e. The number of halogens is 1. The third-order valence-corrected chi connectivity index (χ3v) is 6.13. The Hall–Kier alpha value is -1.99. The van der Waals surface area contributed by atoms with Gasteiger partial charge in [0, 0.05) is 19.0 Å². The summed E-state index contributed by atoms with van der Waals surface area (Å²) in [6.07, 6.45) is -0.632. The molecule has 8 nitrogen and oxygen atoms in total. The lowest BCUT2D eigenvalue weighted by Crippen LogP contribution is -2.42. The van der Waals surface area contributed by atoms with Crippen LogP contribution in [0.3, 0.4) is 0 Å². The summed E-state index contributed by atoms with van der Waals surface area (Å²) < 4.78 is 38.3. The molecule has 1 aliphatic rings. The zero-order valence-corrected chi connectivity index (χ0v) is 15.8. The lowest BCUT2D eigenvalue weighted by atomic mass is 10.2. The Morgan fingerprint density at radius 3 is 2.77 bits per heavy atom. The normalized spacial score (nSPS) is 18.8. The number of ether oxygens (including phenoxy) is 1. The van der Waals surface area contributed by atoms with Gasteiger partial charge in [-0.05, 0) is 18.2 Å². The van der Waals surface area contributed by atoms with Crippen LogP contribution in [0.1, 0.15) is 43.2 Å². The monoisotopic (exact) mass is 396 g/mol. The summed E-state index contributed by atoms with van der Waals surface area (Å²) in [5, 5.41) is 16.9. The molecule has 0 spiro atoms. The molecule has 138 valence electrons. The number of hydrogen-bond donors (Lipinski definition) is 0. The standard InChI is InChI=1S/C16H17ClN4O4S/c1-10(2)15-19-20-16(25-15)14-9-21(5-6-24-14)26(22,23)12-4-3-11(8-18)13(17)7-12/h3-4,7,10,14H,5-6,9H2,1-2H3/t14-/m1/s1. The van der Waals surface area contributed by atoms with Crippen molar-refractivity contribution in [2.24, 2.45) is 0 Å². The van der Waals surface area contributed by atoms with Crippen LogP contribution in [0.15, 0.2) is 27.5 Å². The maximum atomic E-state index is 12.9. The van der Waals surface area contributed by atoms with Gasteiger partial charge in [-0.1, -0.05) is 25.4 Å². The van der Waals surface area contributed by atoms with Crippen LogP contribution < -0.4 is 0 Å². The number of hydrogen-bond acceptors (Lipinski definition) is 7. The van der Waals surface area contributed by atoms with Crippen LogP contribution in [-0.4, -0.2) is 42.6 Å². The van der Waals surface area contributed by atoms with Crippen LogP contribution >= 0.6 is 11.6 Å². The lowest BCUT2D eigenvalue weighted by molar-refractivity contribution is -0.0179. The number of benzene rings is 1. The van der Waals surface area contributed by atoms with Gasteiger partial charge in [-0.15, -0.1) is 10.2 Å². The molecule has 3 rings (SSSR count). The fourth-order valence-electron chi connectivity index (χ4n) is 2.50. The molecular weight excluding hydrogens is 380 g/mol. The number of nitrogens with zero attached hydrogens (tertiary/aromatic N) is 4. The number of morpholine rings is 1.